The number of hydrogen-bond acceptors (Lipinski definition) is 2. The third kappa shape index (κ3) is 3.47. The van der Waals surface area contributed by atoms with E-state index in [9.17, 15) is 0 Å². The molecule has 0 fully saturated rings. The first kappa shape index (κ1) is 14.0. The van der Waals surface area contributed by atoms with E-state index in [0.717, 1.165) is 13.0 Å². The molecule has 0 aromatic heterocycles. The molecule has 1 unspecified atom stereocenters. The Morgan fingerprint density at radius 3 is 2.41 bits per heavy atom. The molecular weight excluding hydrogens is 208 g/mol. The van der Waals surface area contributed by atoms with Crippen LogP contribution in [0.25, 0.3) is 0 Å². The Kier molecular flexibility index (Phi) is 5.01. The van der Waals surface area contributed by atoms with Crippen molar-refractivity contribution >= 4 is 5.69 Å². The summed E-state index contributed by atoms with van der Waals surface area (Å²) >= 11 is 0. The molecule has 2 nitrogen and oxygen atoms in total. The predicted molar refractivity (Wildman–Crippen MR) is 76.8 cm³/mol. The molecule has 0 saturated carbocycles. The Bertz CT molecular complexity index is 358. The van der Waals surface area contributed by atoms with Crippen molar-refractivity contribution in [2.45, 2.75) is 46.1 Å². The molecule has 0 aliphatic heterocycles. The van der Waals surface area contributed by atoms with Crippen molar-refractivity contribution in [1.82, 2.24) is 0 Å². The fraction of sp³-hybridized carbons (Fsp3) is 0.600. The smallest absolute Gasteiger partial charge is 0.0398 e. The van der Waals surface area contributed by atoms with Crippen molar-refractivity contribution in [3.8, 4) is 0 Å². The monoisotopic (exact) mass is 234 g/mol. The van der Waals surface area contributed by atoms with Crippen molar-refractivity contribution in [3.05, 3.63) is 29.3 Å². The highest BCUT2D eigenvalue weighted by molar-refractivity contribution is 5.55. The molecule has 0 spiro atoms. The highest BCUT2D eigenvalue weighted by Gasteiger charge is 2.12. The lowest BCUT2D eigenvalue weighted by Crippen LogP contribution is -2.31. The van der Waals surface area contributed by atoms with E-state index in [4.69, 9.17) is 5.73 Å². The van der Waals surface area contributed by atoms with Crippen molar-refractivity contribution in [3.63, 3.8) is 0 Å². The third-order valence-electron chi connectivity index (χ3n) is 3.53. The largest absolute Gasteiger partial charge is 0.372 e. The Labute approximate surface area is 106 Å². The molecule has 0 heterocycles. The molecule has 0 radical (unpaired) electrons. The third-order valence-corrected chi connectivity index (χ3v) is 3.53. The van der Waals surface area contributed by atoms with E-state index in [1.54, 1.807) is 0 Å². The van der Waals surface area contributed by atoms with E-state index < -0.39 is 0 Å². The zero-order valence-electron chi connectivity index (χ0n) is 11.8. The first-order valence-electron chi connectivity index (χ1n) is 6.50. The summed E-state index contributed by atoms with van der Waals surface area (Å²) < 4.78 is 0. The van der Waals surface area contributed by atoms with Gasteiger partial charge in [-0.3, -0.25) is 0 Å². The van der Waals surface area contributed by atoms with Crippen LogP contribution in [-0.4, -0.2) is 19.6 Å². The molecule has 1 aromatic rings. The maximum Gasteiger partial charge on any atom is 0.0398 e. The van der Waals surface area contributed by atoms with Crippen LogP contribution < -0.4 is 10.6 Å². The van der Waals surface area contributed by atoms with Crippen LogP contribution in [0.5, 0.6) is 0 Å². The lowest BCUT2D eigenvalue weighted by molar-refractivity contribution is 0.633. The van der Waals surface area contributed by atoms with Gasteiger partial charge in [0.15, 0.2) is 0 Å². The van der Waals surface area contributed by atoms with Crippen LogP contribution in [0.2, 0.25) is 0 Å². The quantitative estimate of drug-likeness (QED) is 0.847. The molecule has 0 aliphatic carbocycles. The van der Waals surface area contributed by atoms with Crippen LogP contribution in [0.1, 0.15) is 44.2 Å². The van der Waals surface area contributed by atoms with E-state index in [-0.39, 0.29) is 0 Å². The van der Waals surface area contributed by atoms with Gasteiger partial charge in [0.25, 0.3) is 0 Å². The fourth-order valence-electron chi connectivity index (χ4n) is 2.04. The minimum atomic E-state index is 0.487. The normalized spacial score (nSPS) is 12.9. The molecule has 2 N–H and O–H groups in total. The zero-order chi connectivity index (χ0) is 13.0. The average molecular weight is 234 g/mol. The molecule has 0 saturated heterocycles. The molecule has 2 heteroatoms. The molecule has 1 aromatic carbocycles. The molecule has 1 atom stereocenters. The van der Waals surface area contributed by atoms with Crippen LogP contribution in [0.4, 0.5) is 5.69 Å². The van der Waals surface area contributed by atoms with E-state index in [1.807, 2.05) is 0 Å². The van der Waals surface area contributed by atoms with Crippen LogP contribution >= 0.6 is 0 Å². The SMILES string of the molecule is Cc1ccc(C(C)C)cc1N(C)C(C)CCN. The summed E-state index contributed by atoms with van der Waals surface area (Å²) in [5.74, 6) is 0.576. The number of anilines is 1. The summed E-state index contributed by atoms with van der Waals surface area (Å²) in [5.41, 5.74) is 9.70. The second-order valence-corrected chi connectivity index (χ2v) is 5.24. The first-order valence-corrected chi connectivity index (χ1v) is 6.50. The maximum atomic E-state index is 5.63. The number of rotatable bonds is 5. The zero-order valence-corrected chi connectivity index (χ0v) is 11.8. The summed E-state index contributed by atoms with van der Waals surface area (Å²) in [7, 11) is 2.16. The van der Waals surface area contributed by atoms with Gasteiger partial charge in [0.2, 0.25) is 0 Å². The molecule has 96 valence electrons. The summed E-state index contributed by atoms with van der Waals surface area (Å²) in [6.45, 7) is 9.61. The van der Waals surface area contributed by atoms with Gasteiger partial charge >= 0.3 is 0 Å². The van der Waals surface area contributed by atoms with E-state index >= 15 is 0 Å². The minimum Gasteiger partial charge on any atom is -0.372 e. The molecule has 1 rings (SSSR count). The van der Waals surface area contributed by atoms with Crippen molar-refractivity contribution in [1.29, 1.82) is 0 Å². The molecular formula is C15H26N2. The number of nitrogens with two attached hydrogens (primary N) is 1. The Morgan fingerprint density at radius 2 is 1.88 bits per heavy atom. The first-order chi connectivity index (χ1) is 7.97. The Hall–Kier alpha value is -1.02. The van der Waals surface area contributed by atoms with Gasteiger partial charge in [-0.25, -0.2) is 0 Å². The molecule has 0 bridgehead atoms. The number of hydrogen-bond donors (Lipinski definition) is 1. The van der Waals surface area contributed by atoms with Crippen LogP contribution in [-0.2, 0) is 0 Å². The van der Waals surface area contributed by atoms with Gasteiger partial charge in [0.1, 0.15) is 0 Å². The van der Waals surface area contributed by atoms with Gasteiger partial charge in [-0.1, -0.05) is 26.0 Å². The average Bonchev–Trinajstić information content (AvgIpc) is 2.28. The highest BCUT2D eigenvalue weighted by atomic mass is 15.1. The van der Waals surface area contributed by atoms with Gasteiger partial charge in [0.05, 0.1) is 0 Å². The summed E-state index contributed by atoms with van der Waals surface area (Å²) in [6, 6.07) is 7.25. The van der Waals surface area contributed by atoms with Crippen molar-refractivity contribution < 1.29 is 0 Å². The van der Waals surface area contributed by atoms with Crippen LogP contribution in [0.3, 0.4) is 0 Å². The topological polar surface area (TPSA) is 29.3 Å². The molecule has 0 amide bonds. The predicted octanol–water partition coefficient (Wildman–Crippen LogP) is 3.29. The lowest BCUT2D eigenvalue weighted by atomic mass is 9.99. The second kappa shape index (κ2) is 6.06. The van der Waals surface area contributed by atoms with Gasteiger partial charge in [-0.15, -0.1) is 0 Å². The minimum absolute atomic E-state index is 0.487. The standard InChI is InChI=1S/C15H26N2/c1-11(2)14-7-6-12(3)15(10-14)17(5)13(4)8-9-16/h6-7,10-11,13H,8-9,16H2,1-5H3. The Balaban J connectivity index is 2.99. The van der Waals surface area contributed by atoms with Crippen LogP contribution in [0.15, 0.2) is 18.2 Å². The second-order valence-electron chi connectivity index (χ2n) is 5.24. The number of benzene rings is 1. The van der Waals surface area contributed by atoms with Crippen LogP contribution in [0, 0.1) is 6.92 Å². The van der Waals surface area contributed by atoms with Crippen molar-refractivity contribution in [2.75, 3.05) is 18.5 Å². The number of nitrogens with zero attached hydrogens (tertiary/aromatic N) is 1. The van der Waals surface area contributed by atoms with E-state index in [0.29, 0.717) is 12.0 Å². The summed E-state index contributed by atoms with van der Waals surface area (Å²) in [6.07, 6.45) is 1.03. The van der Waals surface area contributed by atoms with E-state index in [1.165, 1.54) is 16.8 Å². The maximum absolute atomic E-state index is 5.63. The Morgan fingerprint density at radius 1 is 1.24 bits per heavy atom. The summed E-state index contributed by atoms with van der Waals surface area (Å²) in [4.78, 5) is 2.34. The van der Waals surface area contributed by atoms with Gasteiger partial charge in [0, 0.05) is 18.8 Å². The number of aryl methyl sites for hydroxylation is 1. The van der Waals surface area contributed by atoms with Crippen molar-refractivity contribution in [2.24, 2.45) is 5.73 Å². The molecule has 17 heavy (non-hydrogen) atoms. The van der Waals surface area contributed by atoms with Gasteiger partial charge in [-0.05, 0) is 49.9 Å². The highest BCUT2D eigenvalue weighted by Crippen LogP contribution is 2.26. The van der Waals surface area contributed by atoms with Gasteiger partial charge < -0.3 is 10.6 Å². The summed E-state index contributed by atoms with van der Waals surface area (Å²) in [5, 5.41) is 0. The van der Waals surface area contributed by atoms with Gasteiger partial charge in [-0.2, -0.15) is 0 Å². The lowest BCUT2D eigenvalue weighted by Gasteiger charge is -2.29. The fourth-order valence-corrected chi connectivity index (χ4v) is 2.04. The van der Waals surface area contributed by atoms with E-state index in [2.05, 4.69) is 57.8 Å². The molecule has 0 aliphatic rings.